The van der Waals surface area contributed by atoms with E-state index in [2.05, 4.69) is 30.2 Å². The van der Waals surface area contributed by atoms with Crippen LogP contribution >= 0.6 is 0 Å². The number of fused-ring (bicyclic) bond motifs is 4. The Morgan fingerprint density at radius 1 is 1.23 bits per heavy atom. The van der Waals surface area contributed by atoms with Gasteiger partial charge < -0.3 is 19.1 Å². The lowest BCUT2D eigenvalue weighted by molar-refractivity contribution is -0.141. The van der Waals surface area contributed by atoms with Crippen LogP contribution in [-0.4, -0.2) is 70.2 Å². The average molecular weight is 558 g/mol. The highest BCUT2D eigenvalue weighted by molar-refractivity contribution is 6.04. The molecule has 0 spiro atoms. The van der Waals surface area contributed by atoms with Gasteiger partial charge in [0.05, 0.1) is 30.1 Å². The summed E-state index contributed by atoms with van der Waals surface area (Å²) < 4.78 is 56.8. The summed E-state index contributed by atoms with van der Waals surface area (Å²) in [5.41, 5.74) is 0.0267. The smallest absolute Gasteiger partial charge is 0.416 e. The minimum atomic E-state index is -4.50. The number of aromatic nitrogens is 4. The first-order valence-electron chi connectivity index (χ1n) is 12.7. The monoisotopic (exact) mass is 557 g/mol. The number of carbonyl (C=O) groups excluding carboxylic acids is 1. The van der Waals surface area contributed by atoms with Gasteiger partial charge in [0.2, 0.25) is 0 Å². The maximum Gasteiger partial charge on any atom is 0.416 e. The lowest BCUT2D eigenvalue weighted by Crippen LogP contribution is -2.48. The lowest BCUT2D eigenvalue weighted by Gasteiger charge is -2.35. The van der Waals surface area contributed by atoms with Gasteiger partial charge in [-0.2, -0.15) is 18.2 Å². The van der Waals surface area contributed by atoms with Crippen molar-refractivity contribution < 1.29 is 32.2 Å². The van der Waals surface area contributed by atoms with Crippen LogP contribution in [0.25, 0.3) is 11.4 Å². The zero-order valence-electron chi connectivity index (χ0n) is 21.7. The molecule has 14 heteroatoms. The third-order valence-electron chi connectivity index (χ3n) is 6.85. The molecule has 210 valence electrons. The summed E-state index contributed by atoms with van der Waals surface area (Å²) in [6.45, 7) is 5.46. The molecule has 2 amide bonds. The fourth-order valence-electron chi connectivity index (χ4n) is 5.01. The topological polar surface area (TPSA) is 115 Å². The van der Waals surface area contributed by atoms with Crippen molar-refractivity contribution in [3.05, 3.63) is 48.3 Å². The van der Waals surface area contributed by atoms with Gasteiger partial charge in [-0.3, -0.25) is 10.2 Å². The summed E-state index contributed by atoms with van der Waals surface area (Å²) in [6.07, 6.45) is -1.08. The molecular weight excluding hydrogens is 531 g/mol. The maximum absolute atomic E-state index is 13.6. The summed E-state index contributed by atoms with van der Waals surface area (Å²) >= 11 is 0. The highest BCUT2D eigenvalue weighted by atomic mass is 19.4. The molecule has 5 heterocycles. The molecule has 0 aliphatic carbocycles. The van der Waals surface area contributed by atoms with Gasteiger partial charge >= 0.3 is 18.2 Å². The van der Waals surface area contributed by atoms with Crippen LogP contribution in [0.15, 0.2) is 42.7 Å². The second kappa shape index (κ2) is 9.86. The quantitative estimate of drug-likeness (QED) is 0.495. The number of alkyl halides is 3. The van der Waals surface area contributed by atoms with E-state index in [9.17, 15) is 18.0 Å². The van der Waals surface area contributed by atoms with Gasteiger partial charge in [-0.05, 0) is 38.5 Å². The summed E-state index contributed by atoms with van der Waals surface area (Å²) in [5.74, 6) is -0.0621. The first-order chi connectivity index (χ1) is 19.1. The predicted molar refractivity (Wildman–Crippen MR) is 137 cm³/mol. The molecule has 1 aromatic carbocycles. The van der Waals surface area contributed by atoms with Gasteiger partial charge in [-0.25, -0.2) is 19.7 Å². The molecular formula is C26H26F3N7O4. The Labute approximate surface area is 227 Å². The Kier molecular flexibility index (Phi) is 6.45. The van der Waals surface area contributed by atoms with Crippen molar-refractivity contribution >= 4 is 23.4 Å². The van der Waals surface area contributed by atoms with Crippen LogP contribution < -0.4 is 19.9 Å². The Morgan fingerprint density at radius 3 is 2.85 bits per heavy atom. The zero-order valence-corrected chi connectivity index (χ0v) is 21.7. The number of carbonyl (C=O) groups is 1. The van der Waals surface area contributed by atoms with Gasteiger partial charge in [0.15, 0.2) is 17.4 Å². The van der Waals surface area contributed by atoms with Crippen molar-refractivity contribution in [1.29, 1.82) is 0 Å². The van der Waals surface area contributed by atoms with Crippen LogP contribution in [0.4, 0.5) is 35.3 Å². The number of rotatable bonds is 5. The molecule has 0 saturated carbocycles. The molecule has 2 atom stereocenters. The summed E-state index contributed by atoms with van der Waals surface area (Å²) in [6, 6.07) is 5.72. The number of nitrogens with one attached hydrogen (secondary N) is 1. The molecule has 2 aromatic heterocycles. The average Bonchev–Trinajstić information content (AvgIpc) is 3.50. The van der Waals surface area contributed by atoms with Crippen molar-refractivity contribution in [3.63, 3.8) is 0 Å². The molecule has 0 unspecified atom stereocenters. The van der Waals surface area contributed by atoms with Crippen molar-refractivity contribution in [1.82, 2.24) is 19.9 Å². The van der Waals surface area contributed by atoms with E-state index in [0.717, 1.165) is 12.1 Å². The number of urea groups is 1. The summed E-state index contributed by atoms with van der Waals surface area (Å²) in [4.78, 5) is 34.4. The first-order valence-corrected chi connectivity index (χ1v) is 12.7. The van der Waals surface area contributed by atoms with Crippen LogP contribution in [0.1, 0.15) is 25.8 Å². The van der Waals surface area contributed by atoms with E-state index in [1.165, 1.54) is 29.3 Å². The Bertz CT molecular complexity index is 1440. The fraction of sp³-hybridized carbons (Fsp3) is 0.423. The van der Waals surface area contributed by atoms with Crippen LogP contribution in [0.5, 0.6) is 6.01 Å². The molecule has 2 saturated heterocycles. The highest BCUT2D eigenvalue weighted by Gasteiger charge is 2.41. The number of halogens is 3. The van der Waals surface area contributed by atoms with Crippen LogP contribution in [0, 0.1) is 0 Å². The van der Waals surface area contributed by atoms with Gasteiger partial charge in [0.1, 0.15) is 18.5 Å². The van der Waals surface area contributed by atoms with Crippen LogP contribution in [0.2, 0.25) is 0 Å². The molecule has 11 nitrogen and oxygen atoms in total. The molecule has 40 heavy (non-hydrogen) atoms. The largest absolute Gasteiger partial charge is 0.461 e. The van der Waals surface area contributed by atoms with E-state index in [4.69, 9.17) is 14.2 Å². The molecule has 1 N–H and O–H groups in total. The van der Waals surface area contributed by atoms with Crippen molar-refractivity contribution in [2.45, 2.75) is 44.4 Å². The molecule has 3 aliphatic heterocycles. The van der Waals surface area contributed by atoms with Gasteiger partial charge in [-0.1, -0.05) is 12.1 Å². The minimum Gasteiger partial charge on any atom is -0.461 e. The van der Waals surface area contributed by atoms with Crippen molar-refractivity contribution in [2.75, 3.05) is 41.4 Å². The normalized spacial score (nSPS) is 21.3. The fourth-order valence-corrected chi connectivity index (χ4v) is 5.01. The standard InChI is InChI=1S/C26H26F3N7O4/c1-25(2)39-14-18(40-25)13-38-23-30-8-6-20(32-23)33-24(37)36-17-7-9-35(12-17)19-11-31-21(34-22(19)36)15-4-3-5-16(10-15)26(27,28)29/h3-6,8,10-11,17-18H,7,9,12-14H2,1-2H3,(H,30,32,33,37)/t17-,18-/m0/s1. The molecule has 3 aliphatic rings. The van der Waals surface area contributed by atoms with Crippen molar-refractivity contribution in [3.8, 4) is 17.4 Å². The second-order valence-electron chi connectivity index (χ2n) is 10.2. The van der Waals surface area contributed by atoms with E-state index in [1.807, 2.05) is 13.8 Å². The maximum atomic E-state index is 13.6. The zero-order chi connectivity index (χ0) is 28.1. The molecule has 2 bridgehead atoms. The third-order valence-corrected chi connectivity index (χ3v) is 6.85. The molecule has 3 aromatic rings. The second-order valence-corrected chi connectivity index (χ2v) is 10.2. The van der Waals surface area contributed by atoms with E-state index < -0.39 is 23.6 Å². The van der Waals surface area contributed by atoms with E-state index in [1.54, 1.807) is 6.20 Å². The lowest BCUT2D eigenvalue weighted by atomic mass is 10.1. The van der Waals surface area contributed by atoms with Crippen LogP contribution in [0.3, 0.4) is 0 Å². The molecule has 6 rings (SSSR count). The Hall–Kier alpha value is -4.04. The van der Waals surface area contributed by atoms with Gasteiger partial charge in [0, 0.05) is 24.8 Å². The van der Waals surface area contributed by atoms with Crippen LogP contribution in [-0.2, 0) is 15.7 Å². The summed E-state index contributed by atoms with van der Waals surface area (Å²) in [5, 5.41) is 2.78. The Morgan fingerprint density at radius 2 is 2.08 bits per heavy atom. The number of nitrogens with zero attached hydrogens (tertiary/aromatic N) is 6. The summed E-state index contributed by atoms with van der Waals surface area (Å²) in [7, 11) is 0. The van der Waals surface area contributed by atoms with E-state index in [-0.39, 0.29) is 42.0 Å². The van der Waals surface area contributed by atoms with E-state index >= 15 is 0 Å². The number of hydrogen-bond acceptors (Lipinski definition) is 9. The number of amides is 2. The SMILES string of the molecule is CC1(C)OC[C@H](COc2nccc(NC(=O)N3c4nc(-c5cccc(C(F)(F)F)c5)ncc4N4CC[C@H]3C4)n2)O1. The first kappa shape index (κ1) is 26.2. The Balaban J connectivity index is 1.22. The van der Waals surface area contributed by atoms with E-state index in [0.29, 0.717) is 37.6 Å². The number of hydrogen-bond donors (Lipinski definition) is 1. The molecule has 2 fully saturated rings. The number of benzene rings is 1. The highest BCUT2D eigenvalue weighted by Crippen LogP contribution is 2.40. The van der Waals surface area contributed by atoms with Gasteiger partial charge in [-0.15, -0.1) is 0 Å². The molecule has 0 radical (unpaired) electrons. The predicted octanol–water partition coefficient (Wildman–Crippen LogP) is 4.11. The van der Waals surface area contributed by atoms with Crippen molar-refractivity contribution in [2.24, 2.45) is 0 Å². The minimum absolute atomic E-state index is 0.0614. The number of ether oxygens (including phenoxy) is 3. The number of anilines is 3. The van der Waals surface area contributed by atoms with Gasteiger partial charge in [0.25, 0.3) is 0 Å². The third kappa shape index (κ3) is 5.23.